The highest BCUT2D eigenvalue weighted by Crippen LogP contribution is 2.47. The average Bonchev–Trinajstić information content (AvgIpc) is 1.99. The Bertz CT molecular complexity index is 209. The van der Waals surface area contributed by atoms with Crippen LogP contribution in [-0.2, 0) is 0 Å². The highest BCUT2D eigenvalue weighted by molar-refractivity contribution is 8.24. The summed E-state index contributed by atoms with van der Waals surface area (Å²) in [4.78, 5) is 2.31. The Morgan fingerprint density at radius 3 is 2.00 bits per heavy atom. The standard InChI is InChI=1S/C9H17NS2/c1-6-10-7(11)12-9(4,5)8(10,2)3/h6H2,1-5H3. The van der Waals surface area contributed by atoms with Gasteiger partial charge in [0.15, 0.2) is 0 Å². The summed E-state index contributed by atoms with van der Waals surface area (Å²) in [6, 6.07) is 0. The third kappa shape index (κ3) is 1.27. The van der Waals surface area contributed by atoms with Gasteiger partial charge >= 0.3 is 0 Å². The Kier molecular flexibility index (Phi) is 2.47. The van der Waals surface area contributed by atoms with Crippen molar-refractivity contribution in [3.8, 4) is 0 Å². The second-order valence-corrected chi connectivity index (χ2v) is 6.44. The third-order valence-corrected chi connectivity index (χ3v) is 4.90. The molecule has 1 nitrogen and oxygen atoms in total. The number of hydrogen-bond donors (Lipinski definition) is 0. The topological polar surface area (TPSA) is 3.24 Å². The fraction of sp³-hybridized carbons (Fsp3) is 0.889. The summed E-state index contributed by atoms with van der Waals surface area (Å²) in [5, 5.41) is 0. The average molecular weight is 203 g/mol. The first-order valence-corrected chi connectivity index (χ1v) is 5.56. The molecule has 0 radical (unpaired) electrons. The maximum atomic E-state index is 5.33. The van der Waals surface area contributed by atoms with E-state index in [9.17, 15) is 0 Å². The zero-order chi connectivity index (χ0) is 9.57. The molecule has 1 aliphatic heterocycles. The summed E-state index contributed by atoms with van der Waals surface area (Å²) in [6.07, 6.45) is 0. The highest BCUT2D eigenvalue weighted by atomic mass is 32.2. The molecule has 1 saturated heterocycles. The minimum atomic E-state index is 0.184. The first-order valence-electron chi connectivity index (χ1n) is 4.33. The minimum Gasteiger partial charge on any atom is -0.351 e. The van der Waals surface area contributed by atoms with Gasteiger partial charge in [0.1, 0.15) is 4.32 Å². The summed E-state index contributed by atoms with van der Waals surface area (Å²) in [6.45, 7) is 12.2. The first-order chi connectivity index (χ1) is 5.33. The van der Waals surface area contributed by atoms with Gasteiger partial charge < -0.3 is 4.90 Å². The fourth-order valence-electron chi connectivity index (χ4n) is 1.48. The van der Waals surface area contributed by atoms with E-state index >= 15 is 0 Å². The predicted octanol–water partition coefficient (Wildman–Crippen LogP) is 2.90. The van der Waals surface area contributed by atoms with Crippen LogP contribution in [0, 0.1) is 0 Å². The van der Waals surface area contributed by atoms with E-state index in [1.165, 1.54) is 0 Å². The molecule has 0 aromatic heterocycles. The lowest BCUT2D eigenvalue weighted by molar-refractivity contribution is 0.199. The molecule has 0 aromatic rings. The molecule has 0 atom stereocenters. The lowest BCUT2D eigenvalue weighted by Crippen LogP contribution is -2.50. The van der Waals surface area contributed by atoms with E-state index in [0.29, 0.717) is 0 Å². The van der Waals surface area contributed by atoms with Crippen molar-refractivity contribution in [2.45, 2.75) is 44.9 Å². The van der Waals surface area contributed by atoms with Gasteiger partial charge in [0, 0.05) is 11.3 Å². The molecule has 0 unspecified atom stereocenters. The molecular weight excluding hydrogens is 186 g/mol. The Labute approximate surface area is 84.9 Å². The molecule has 0 bridgehead atoms. The van der Waals surface area contributed by atoms with Crippen LogP contribution in [0.5, 0.6) is 0 Å². The van der Waals surface area contributed by atoms with Crippen LogP contribution < -0.4 is 0 Å². The van der Waals surface area contributed by atoms with Crippen LogP contribution in [0.4, 0.5) is 0 Å². The number of thiocarbonyl (C=S) groups is 1. The smallest absolute Gasteiger partial charge is 0.137 e. The number of hydrogen-bond acceptors (Lipinski definition) is 2. The maximum absolute atomic E-state index is 5.33. The molecule has 0 N–H and O–H groups in total. The molecule has 12 heavy (non-hydrogen) atoms. The van der Waals surface area contributed by atoms with Crippen molar-refractivity contribution in [3.63, 3.8) is 0 Å². The first kappa shape index (κ1) is 10.3. The summed E-state index contributed by atoms with van der Waals surface area (Å²) in [7, 11) is 0. The van der Waals surface area contributed by atoms with E-state index in [2.05, 4.69) is 39.5 Å². The molecule has 1 aliphatic rings. The van der Waals surface area contributed by atoms with Crippen molar-refractivity contribution in [3.05, 3.63) is 0 Å². The Morgan fingerprint density at radius 2 is 1.83 bits per heavy atom. The zero-order valence-corrected chi connectivity index (χ0v) is 10.1. The van der Waals surface area contributed by atoms with E-state index in [1.54, 1.807) is 0 Å². The molecular formula is C9H17NS2. The second-order valence-electron chi connectivity index (χ2n) is 4.18. The molecule has 1 fully saturated rings. The van der Waals surface area contributed by atoms with E-state index in [0.717, 1.165) is 10.9 Å². The highest BCUT2D eigenvalue weighted by Gasteiger charge is 2.49. The van der Waals surface area contributed by atoms with Crippen molar-refractivity contribution in [1.29, 1.82) is 0 Å². The quantitative estimate of drug-likeness (QED) is 0.603. The monoisotopic (exact) mass is 203 g/mol. The van der Waals surface area contributed by atoms with Gasteiger partial charge in [-0.05, 0) is 34.6 Å². The van der Waals surface area contributed by atoms with E-state index in [-0.39, 0.29) is 10.3 Å². The van der Waals surface area contributed by atoms with Crippen LogP contribution >= 0.6 is 24.0 Å². The van der Waals surface area contributed by atoms with Crippen LogP contribution in [0.2, 0.25) is 0 Å². The molecule has 0 saturated carbocycles. The normalized spacial score (nSPS) is 26.4. The predicted molar refractivity (Wildman–Crippen MR) is 60.7 cm³/mol. The van der Waals surface area contributed by atoms with Gasteiger partial charge in [-0.15, -0.1) is 0 Å². The molecule has 0 aromatic carbocycles. The lowest BCUT2D eigenvalue weighted by Gasteiger charge is -2.39. The van der Waals surface area contributed by atoms with Crippen LogP contribution in [0.25, 0.3) is 0 Å². The van der Waals surface area contributed by atoms with Crippen LogP contribution in [0.3, 0.4) is 0 Å². The van der Waals surface area contributed by atoms with Gasteiger partial charge in [-0.2, -0.15) is 0 Å². The van der Waals surface area contributed by atoms with E-state index < -0.39 is 0 Å². The Balaban J connectivity index is 3.00. The SMILES string of the molecule is CCN1C(=S)SC(C)(C)C1(C)C. The van der Waals surface area contributed by atoms with Gasteiger partial charge in [0.25, 0.3) is 0 Å². The zero-order valence-electron chi connectivity index (χ0n) is 8.47. The third-order valence-electron chi connectivity index (χ3n) is 3.03. The van der Waals surface area contributed by atoms with Crippen molar-refractivity contribution in [2.24, 2.45) is 0 Å². The van der Waals surface area contributed by atoms with E-state index in [1.807, 2.05) is 11.8 Å². The molecule has 70 valence electrons. The lowest BCUT2D eigenvalue weighted by atomic mass is 9.88. The second kappa shape index (κ2) is 2.88. The molecule has 0 aliphatic carbocycles. The van der Waals surface area contributed by atoms with Gasteiger partial charge in [-0.1, -0.05) is 24.0 Å². The summed E-state index contributed by atoms with van der Waals surface area (Å²) in [5.41, 5.74) is 0.184. The van der Waals surface area contributed by atoms with Gasteiger partial charge in [-0.3, -0.25) is 0 Å². The van der Waals surface area contributed by atoms with Gasteiger partial charge in [0.05, 0.1) is 5.54 Å². The van der Waals surface area contributed by atoms with Crippen molar-refractivity contribution < 1.29 is 0 Å². The van der Waals surface area contributed by atoms with Crippen molar-refractivity contribution in [1.82, 2.24) is 4.90 Å². The Hall–Kier alpha value is 0.240. The number of nitrogens with zero attached hydrogens (tertiary/aromatic N) is 1. The molecule has 1 heterocycles. The molecule has 3 heteroatoms. The Morgan fingerprint density at radius 1 is 1.33 bits per heavy atom. The van der Waals surface area contributed by atoms with Crippen LogP contribution in [0.1, 0.15) is 34.6 Å². The van der Waals surface area contributed by atoms with Crippen LogP contribution in [-0.4, -0.2) is 26.1 Å². The summed E-state index contributed by atoms with van der Waals surface area (Å²) < 4.78 is 1.28. The molecule has 0 spiro atoms. The molecule has 0 amide bonds. The van der Waals surface area contributed by atoms with Gasteiger partial charge in [-0.25, -0.2) is 0 Å². The fourth-order valence-corrected chi connectivity index (χ4v) is 3.72. The number of thioether (sulfide) groups is 1. The minimum absolute atomic E-state index is 0.184. The van der Waals surface area contributed by atoms with Crippen LogP contribution in [0.15, 0.2) is 0 Å². The van der Waals surface area contributed by atoms with Gasteiger partial charge in [0.2, 0.25) is 0 Å². The maximum Gasteiger partial charge on any atom is 0.137 e. The van der Waals surface area contributed by atoms with E-state index in [4.69, 9.17) is 12.2 Å². The number of rotatable bonds is 1. The van der Waals surface area contributed by atoms with Crippen molar-refractivity contribution in [2.75, 3.05) is 6.54 Å². The van der Waals surface area contributed by atoms with Crippen molar-refractivity contribution >= 4 is 28.3 Å². The molecule has 1 rings (SSSR count). The largest absolute Gasteiger partial charge is 0.351 e. The summed E-state index contributed by atoms with van der Waals surface area (Å²) in [5.74, 6) is 0. The summed E-state index contributed by atoms with van der Waals surface area (Å²) >= 11 is 7.15.